The lowest BCUT2D eigenvalue weighted by Crippen LogP contribution is -2.51. The fourth-order valence-corrected chi connectivity index (χ4v) is 3.97. The molecular weight excluding hydrogens is 306 g/mol. The number of hydrogen-bond donors (Lipinski definition) is 1. The van der Waals surface area contributed by atoms with Crippen LogP contribution >= 0.6 is 15.9 Å². The van der Waals surface area contributed by atoms with Gasteiger partial charge in [0.1, 0.15) is 0 Å². The van der Waals surface area contributed by atoms with Crippen LogP contribution in [0.4, 0.5) is 0 Å². The Morgan fingerprint density at radius 2 is 1.68 bits per heavy atom. The number of fused-ring (bicyclic) bond motifs is 2. The molecule has 0 amide bonds. The van der Waals surface area contributed by atoms with Crippen LogP contribution in [0.1, 0.15) is 27.6 Å². The number of nitrogens with two attached hydrogens (primary N) is 1. The van der Waals surface area contributed by atoms with Gasteiger partial charge < -0.3 is 5.73 Å². The topological polar surface area (TPSA) is 60.2 Å². The lowest BCUT2D eigenvalue weighted by molar-refractivity contribution is 0.0717. The summed E-state index contributed by atoms with van der Waals surface area (Å²) in [5.74, 6) is -0.835. The number of ketones is 2. The predicted octanol–water partition coefficient (Wildman–Crippen LogP) is 2.55. The van der Waals surface area contributed by atoms with E-state index in [-0.39, 0.29) is 23.5 Å². The van der Waals surface area contributed by atoms with E-state index in [0.717, 1.165) is 4.48 Å². The summed E-state index contributed by atoms with van der Waals surface area (Å²) in [6, 6.07) is 6.70. The van der Waals surface area contributed by atoms with E-state index < -0.39 is 11.8 Å². The van der Waals surface area contributed by atoms with E-state index in [1.807, 2.05) is 13.0 Å². The van der Waals surface area contributed by atoms with Crippen molar-refractivity contribution in [2.75, 3.05) is 0 Å². The molecule has 19 heavy (non-hydrogen) atoms. The summed E-state index contributed by atoms with van der Waals surface area (Å²) in [6.45, 7) is 1.97. The molecule has 98 valence electrons. The third kappa shape index (κ3) is 1.74. The second kappa shape index (κ2) is 4.39. The fourth-order valence-electron chi connectivity index (χ4n) is 3.06. The highest BCUT2D eigenvalue weighted by atomic mass is 79.9. The van der Waals surface area contributed by atoms with Gasteiger partial charge in [0.15, 0.2) is 11.6 Å². The van der Waals surface area contributed by atoms with Crippen molar-refractivity contribution < 1.29 is 9.59 Å². The molecular formula is C15H14BrNO2. The molecule has 0 saturated heterocycles. The van der Waals surface area contributed by atoms with Gasteiger partial charge in [-0.1, -0.05) is 53.2 Å². The fraction of sp³-hybridized carbons (Fsp3) is 0.333. The number of carbonyl (C=O) groups excluding carboxylic acids is 2. The van der Waals surface area contributed by atoms with Gasteiger partial charge >= 0.3 is 0 Å². The number of halogens is 1. The van der Waals surface area contributed by atoms with Crippen LogP contribution in [-0.2, 0) is 0 Å². The number of Topliss-reactive ketones (excluding diaryl/α,β-unsaturated/α-hetero) is 2. The first-order valence-electron chi connectivity index (χ1n) is 6.32. The van der Waals surface area contributed by atoms with Crippen LogP contribution in [0.15, 0.2) is 34.8 Å². The molecule has 1 aromatic carbocycles. The molecule has 2 N–H and O–H groups in total. The van der Waals surface area contributed by atoms with Gasteiger partial charge in [0.2, 0.25) is 0 Å². The van der Waals surface area contributed by atoms with Crippen molar-refractivity contribution in [1.29, 1.82) is 0 Å². The highest BCUT2D eigenvalue weighted by molar-refractivity contribution is 9.11. The Hall–Kier alpha value is -1.26. The first kappa shape index (κ1) is 12.8. The summed E-state index contributed by atoms with van der Waals surface area (Å²) >= 11 is 3.45. The van der Waals surface area contributed by atoms with Crippen molar-refractivity contribution in [1.82, 2.24) is 0 Å². The van der Waals surface area contributed by atoms with Crippen molar-refractivity contribution >= 4 is 27.5 Å². The lowest BCUT2D eigenvalue weighted by Gasteiger charge is -2.39. The molecule has 4 atom stereocenters. The Balaban J connectivity index is 2.20. The van der Waals surface area contributed by atoms with Crippen LogP contribution in [0.25, 0.3) is 0 Å². The summed E-state index contributed by atoms with van der Waals surface area (Å²) in [5.41, 5.74) is 7.19. The van der Waals surface area contributed by atoms with Crippen molar-refractivity contribution in [3.8, 4) is 0 Å². The minimum Gasteiger partial charge on any atom is -0.326 e. The van der Waals surface area contributed by atoms with Gasteiger partial charge in [-0.3, -0.25) is 9.59 Å². The number of rotatable bonds is 0. The van der Waals surface area contributed by atoms with Crippen LogP contribution in [0.5, 0.6) is 0 Å². The second-order valence-electron chi connectivity index (χ2n) is 5.27. The van der Waals surface area contributed by atoms with Gasteiger partial charge in [-0.05, 0) is 5.92 Å². The zero-order valence-electron chi connectivity index (χ0n) is 10.5. The van der Waals surface area contributed by atoms with E-state index >= 15 is 0 Å². The highest BCUT2D eigenvalue weighted by Gasteiger charge is 2.48. The van der Waals surface area contributed by atoms with E-state index in [9.17, 15) is 9.59 Å². The minimum atomic E-state index is -0.450. The van der Waals surface area contributed by atoms with E-state index in [1.165, 1.54) is 0 Å². The average molecular weight is 320 g/mol. The van der Waals surface area contributed by atoms with Crippen molar-refractivity contribution in [3.05, 3.63) is 46.0 Å². The van der Waals surface area contributed by atoms with Gasteiger partial charge in [0.25, 0.3) is 0 Å². The largest absolute Gasteiger partial charge is 0.326 e. The molecule has 0 saturated carbocycles. The smallest absolute Gasteiger partial charge is 0.172 e. The maximum Gasteiger partial charge on any atom is 0.172 e. The van der Waals surface area contributed by atoms with Gasteiger partial charge in [0, 0.05) is 21.7 Å². The summed E-state index contributed by atoms with van der Waals surface area (Å²) in [5, 5.41) is 0. The van der Waals surface area contributed by atoms with Crippen LogP contribution in [0.2, 0.25) is 0 Å². The highest BCUT2D eigenvalue weighted by Crippen LogP contribution is 2.43. The first-order valence-corrected chi connectivity index (χ1v) is 7.12. The van der Waals surface area contributed by atoms with Gasteiger partial charge in [-0.15, -0.1) is 0 Å². The van der Waals surface area contributed by atoms with Crippen molar-refractivity contribution in [3.63, 3.8) is 0 Å². The maximum absolute atomic E-state index is 12.6. The normalized spacial score (nSPS) is 33.5. The van der Waals surface area contributed by atoms with E-state index in [0.29, 0.717) is 11.1 Å². The third-order valence-electron chi connectivity index (χ3n) is 4.14. The molecule has 2 aliphatic carbocycles. The van der Waals surface area contributed by atoms with Crippen LogP contribution in [-0.4, -0.2) is 17.6 Å². The number of carbonyl (C=O) groups is 2. The molecule has 3 nitrogen and oxygen atoms in total. The third-order valence-corrected chi connectivity index (χ3v) is 4.90. The Morgan fingerprint density at radius 3 is 2.32 bits per heavy atom. The van der Waals surface area contributed by atoms with Gasteiger partial charge in [-0.25, -0.2) is 0 Å². The molecule has 3 rings (SSSR count). The zero-order valence-corrected chi connectivity index (χ0v) is 12.1. The lowest BCUT2D eigenvalue weighted by atomic mass is 9.66. The monoisotopic (exact) mass is 319 g/mol. The number of allylic oxidation sites excluding steroid dienone is 1. The van der Waals surface area contributed by atoms with E-state index in [4.69, 9.17) is 5.73 Å². The van der Waals surface area contributed by atoms with Crippen molar-refractivity contribution in [2.45, 2.75) is 13.0 Å². The Labute approximate surface area is 120 Å². The quantitative estimate of drug-likeness (QED) is 0.799. The molecule has 0 aromatic heterocycles. The number of benzene rings is 1. The van der Waals surface area contributed by atoms with Crippen LogP contribution in [0.3, 0.4) is 0 Å². The molecule has 0 bridgehead atoms. The predicted molar refractivity (Wildman–Crippen MR) is 76.2 cm³/mol. The number of hydrogen-bond acceptors (Lipinski definition) is 3. The maximum atomic E-state index is 12.6. The summed E-state index contributed by atoms with van der Waals surface area (Å²) in [7, 11) is 0. The molecule has 4 heteroatoms. The molecule has 0 aliphatic heterocycles. The Bertz CT molecular complexity index is 608. The van der Waals surface area contributed by atoms with E-state index in [1.54, 1.807) is 24.3 Å². The summed E-state index contributed by atoms with van der Waals surface area (Å²) < 4.78 is 0.791. The molecule has 4 unspecified atom stereocenters. The zero-order chi connectivity index (χ0) is 13.7. The van der Waals surface area contributed by atoms with Crippen LogP contribution < -0.4 is 5.73 Å². The van der Waals surface area contributed by atoms with Crippen molar-refractivity contribution in [2.24, 2.45) is 23.5 Å². The average Bonchev–Trinajstić information content (AvgIpc) is 2.40. The van der Waals surface area contributed by atoms with Gasteiger partial charge in [-0.2, -0.15) is 0 Å². The summed E-state index contributed by atoms with van der Waals surface area (Å²) in [4.78, 5) is 25.2. The second-order valence-corrected chi connectivity index (χ2v) is 6.18. The van der Waals surface area contributed by atoms with Gasteiger partial charge in [0.05, 0.1) is 11.8 Å². The minimum absolute atomic E-state index is 0.00863. The molecule has 1 aromatic rings. The summed E-state index contributed by atoms with van der Waals surface area (Å²) in [6.07, 6.45) is 1.95. The molecule has 0 radical (unpaired) electrons. The SMILES string of the molecule is CC1C=C(Br)C2C(=O)c3ccccc3C(=O)C2C1N. The molecule has 0 spiro atoms. The molecule has 2 aliphatic rings. The Kier molecular flexibility index (Phi) is 2.95. The standard InChI is InChI=1S/C15H14BrNO2/c1-7-6-10(16)11-12(13(7)17)15(19)9-5-3-2-4-8(9)14(11)18/h2-7,11-13H,17H2,1H3. The Morgan fingerprint density at radius 1 is 1.11 bits per heavy atom. The molecule has 0 heterocycles. The first-order chi connectivity index (χ1) is 9.02. The van der Waals surface area contributed by atoms with E-state index in [2.05, 4.69) is 15.9 Å². The van der Waals surface area contributed by atoms with Crippen LogP contribution in [0, 0.1) is 17.8 Å². The molecule has 0 fully saturated rings.